The molecule has 0 atom stereocenters. The summed E-state index contributed by atoms with van der Waals surface area (Å²) in [7, 11) is 0. The molecule has 4 aromatic rings. The molecule has 0 aliphatic heterocycles. The molecular weight excluding hydrogens is 454 g/mol. The Bertz CT molecular complexity index is 1240. The number of primary amides is 1. The summed E-state index contributed by atoms with van der Waals surface area (Å²) >= 11 is 10.0. The molecule has 0 fully saturated rings. The van der Waals surface area contributed by atoms with Gasteiger partial charge in [-0.05, 0) is 45.8 Å². The summed E-state index contributed by atoms with van der Waals surface area (Å²) in [6.07, 6.45) is 1.58. The Kier molecular flexibility index (Phi) is 5.08. The van der Waals surface area contributed by atoms with Crippen LogP contribution in [0.2, 0.25) is 5.02 Å². The number of nitrogens with one attached hydrogen (secondary N) is 1. The number of anilines is 1. The molecule has 0 saturated carbocycles. The number of carbonyl (C=O) groups excluding carboxylic acids is 1. The first-order valence-corrected chi connectivity index (χ1v) is 9.78. The van der Waals surface area contributed by atoms with E-state index in [0.717, 1.165) is 21.3 Å². The highest BCUT2D eigenvalue weighted by Gasteiger charge is 2.20. The Balaban J connectivity index is 2.02. The zero-order valence-electron chi connectivity index (χ0n) is 15.0. The lowest BCUT2D eigenvalue weighted by Crippen LogP contribution is -2.12. The Morgan fingerprint density at radius 1 is 1.03 bits per heavy atom. The van der Waals surface area contributed by atoms with E-state index in [2.05, 4.69) is 30.9 Å². The van der Waals surface area contributed by atoms with Gasteiger partial charge in [0.2, 0.25) is 11.9 Å². The summed E-state index contributed by atoms with van der Waals surface area (Å²) in [4.78, 5) is 23.6. The van der Waals surface area contributed by atoms with Crippen molar-refractivity contribution in [2.45, 2.75) is 0 Å². The molecule has 0 unspecified atom stereocenters. The van der Waals surface area contributed by atoms with Crippen LogP contribution in [0.25, 0.3) is 33.8 Å². The highest BCUT2D eigenvalue weighted by atomic mass is 79.9. The number of rotatable bonds is 4. The van der Waals surface area contributed by atoms with Crippen molar-refractivity contribution in [3.63, 3.8) is 0 Å². The van der Waals surface area contributed by atoms with Gasteiger partial charge in [-0.3, -0.25) is 4.79 Å². The van der Waals surface area contributed by atoms with Crippen LogP contribution in [0, 0.1) is 0 Å². The number of nitrogens with zero attached hydrogens (tertiary/aromatic N) is 2. The molecule has 2 heterocycles. The Morgan fingerprint density at radius 3 is 2.55 bits per heavy atom. The van der Waals surface area contributed by atoms with E-state index < -0.39 is 5.91 Å². The quantitative estimate of drug-likeness (QED) is 0.395. The van der Waals surface area contributed by atoms with Crippen molar-refractivity contribution in [1.29, 1.82) is 0 Å². The van der Waals surface area contributed by atoms with E-state index in [1.165, 1.54) is 0 Å². The number of hydrogen-bond acceptors (Lipinski definition) is 4. The smallest absolute Gasteiger partial charge is 0.249 e. The molecule has 1 amide bonds. The van der Waals surface area contributed by atoms with Gasteiger partial charge in [-0.15, -0.1) is 0 Å². The molecule has 0 aliphatic carbocycles. The van der Waals surface area contributed by atoms with E-state index in [1.54, 1.807) is 24.4 Å². The van der Waals surface area contributed by atoms with Gasteiger partial charge >= 0.3 is 0 Å². The lowest BCUT2D eigenvalue weighted by atomic mass is 9.96. The van der Waals surface area contributed by atoms with Crippen molar-refractivity contribution in [3.05, 3.63) is 75.9 Å². The third-order valence-electron chi connectivity index (χ3n) is 4.47. The number of H-pyrrole nitrogens is 1. The molecule has 0 radical (unpaired) electrons. The van der Waals surface area contributed by atoms with Crippen LogP contribution < -0.4 is 11.5 Å². The average molecular weight is 469 g/mol. The standard InChI is InChI=1S/C21H15BrClN5O/c22-15-7-3-6-13(18(15)23)19-14(11-4-1-2-5-12(11)20(24)29)10-17(27-19)16-8-9-26-21(25)28-16/h1-10,27H,(H2,24,29)(H2,25,26,28). The molecule has 2 aromatic heterocycles. The fourth-order valence-electron chi connectivity index (χ4n) is 3.17. The summed E-state index contributed by atoms with van der Waals surface area (Å²) in [6.45, 7) is 0. The van der Waals surface area contributed by atoms with Gasteiger partial charge in [0, 0.05) is 27.4 Å². The summed E-state index contributed by atoms with van der Waals surface area (Å²) in [5.74, 6) is -0.348. The molecule has 0 aliphatic rings. The van der Waals surface area contributed by atoms with E-state index in [4.69, 9.17) is 23.1 Å². The minimum absolute atomic E-state index is 0.165. The average Bonchev–Trinajstić information content (AvgIpc) is 3.15. The molecule has 0 spiro atoms. The van der Waals surface area contributed by atoms with E-state index in [-0.39, 0.29) is 5.95 Å². The number of halogens is 2. The zero-order chi connectivity index (χ0) is 20.5. The van der Waals surface area contributed by atoms with Crippen LogP contribution in [0.3, 0.4) is 0 Å². The maximum atomic E-state index is 12.0. The minimum Gasteiger partial charge on any atom is -0.368 e. The highest BCUT2D eigenvalue weighted by molar-refractivity contribution is 9.10. The van der Waals surface area contributed by atoms with Crippen LogP contribution in [0.5, 0.6) is 0 Å². The predicted molar refractivity (Wildman–Crippen MR) is 118 cm³/mol. The first-order valence-electron chi connectivity index (χ1n) is 8.61. The van der Waals surface area contributed by atoms with Crippen molar-refractivity contribution in [2.75, 3.05) is 5.73 Å². The summed E-state index contributed by atoms with van der Waals surface area (Å²) in [6, 6.07) is 16.4. The summed E-state index contributed by atoms with van der Waals surface area (Å²) in [5, 5.41) is 0.543. The number of benzene rings is 2. The van der Waals surface area contributed by atoms with Crippen molar-refractivity contribution in [2.24, 2.45) is 5.73 Å². The monoisotopic (exact) mass is 467 g/mol. The Hall–Kier alpha value is -3.16. The van der Waals surface area contributed by atoms with E-state index in [1.807, 2.05) is 36.4 Å². The van der Waals surface area contributed by atoms with Gasteiger partial charge in [-0.25, -0.2) is 9.97 Å². The molecule has 2 aromatic carbocycles. The van der Waals surface area contributed by atoms with E-state index in [0.29, 0.717) is 27.5 Å². The van der Waals surface area contributed by atoms with Gasteiger partial charge in [0.25, 0.3) is 0 Å². The van der Waals surface area contributed by atoms with Crippen LogP contribution in [0.4, 0.5) is 5.95 Å². The largest absolute Gasteiger partial charge is 0.368 e. The molecule has 29 heavy (non-hydrogen) atoms. The molecule has 144 valence electrons. The van der Waals surface area contributed by atoms with Crippen molar-refractivity contribution in [1.82, 2.24) is 15.0 Å². The van der Waals surface area contributed by atoms with Crippen molar-refractivity contribution < 1.29 is 4.79 Å². The number of amides is 1. The molecule has 5 N–H and O–H groups in total. The Labute approximate surface area is 180 Å². The molecule has 0 saturated heterocycles. The van der Waals surface area contributed by atoms with Crippen molar-refractivity contribution >= 4 is 39.4 Å². The van der Waals surface area contributed by atoms with Crippen LogP contribution >= 0.6 is 27.5 Å². The fourth-order valence-corrected chi connectivity index (χ4v) is 3.76. The summed E-state index contributed by atoms with van der Waals surface area (Å²) in [5.41, 5.74) is 16.1. The number of aromatic amines is 1. The van der Waals surface area contributed by atoms with Crippen LogP contribution in [-0.4, -0.2) is 20.9 Å². The van der Waals surface area contributed by atoms with Gasteiger partial charge in [0.15, 0.2) is 0 Å². The van der Waals surface area contributed by atoms with Gasteiger partial charge in [-0.1, -0.05) is 41.9 Å². The van der Waals surface area contributed by atoms with E-state index in [9.17, 15) is 4.79 Å². The van der Waals surface area contributed by atoms with Gasteiger partial charge in [0.05, 0.1) is 22.1 Å². The first kappa shape index (κ1) is 19.2. The third-order valence-corrected chi connectivity index (χ3v) is 5.77. The van der Waals surface area contributed by atoms with Gasteiger partial charge in [-0.2, -0.15) is 0 Å². The van der Waals surface area contributed by atoms with Gasteiger partial charge in [0.1, 0.15) is 0 Å². The predicted octanol–water partition coefficient (Wildman–Crippen LogP) is 4.90. The molecular formula is C21H15BrClN5O. The summed E-state index contributed by atoms with van der Waals surface area (Å²) < 4.78 is 0.758. The fraction of sp³-hybridized carbons (Fsp3) is 0. The lowest BCUT2D eigenvalue weighted by Gasteiger charge is -2.10. The minimum atomic E-state index is -0.513. The first-order chi connectivity index (χ1) is 14.0. The number of carbonyl (C=O) groups is 1. The number of nitrogen functional groups attached to an aromatic ring is 1. The topological polar surface area (TPSA) is 111 Å². The van der Waals surface area contributed by atoms with E-state index >= 15 is 0 Å². The molecule has 4 rings (SSSR count). The second kappa shape index (κ2) is 7.69. The highest BCUT2D eigenvalue weighted by Crippen LogP contribution is 2.41. The van der Waals surface area contributed by atoms with Crippen LogP contribution in [0.1, 0.15) is 10.4 Å². The lowest BCUT2D eigenvalue weighted by molar-refractivity contribution is 0.100. The van der Waals surface area contributed by atoms with Crippen LogP contribution in [-0.2, 0) is 0 Å². The normalized spacial score (nSPS) is 10.8. The maximum Gasteiger partial charge on any atom is 0.249 e. The zero-order valence-corrected chi connectivity index (χ0v) is 17.3. The number of aromatic nitrogens is 3. The number of nitrogens with two attached hydrogens (primary N) is 2. The van der Waals surface area contributed by atoms with Crippen LogP contribution in [0.15, 0.2) is 65.3 Å². The molecule has 8 heteroatoms. The second-order valence-corrected chi connectivity index (χ2v) is 7.52. The molecule has 6 nitrogen and oxygen atoms in total. The number of hydrogen-bond donors (Lipinski definition) is 3. The second-order valence-electron chi connectivity index (χ2n) is 6.28. The molecule has 0 bridgehead atoms. The SMILES string of the molecule is NC(=O)c1ccccc1-c1cc(-c2ccnc(N)n2)[nH]c1-c1cccc(Br)c1Cl. The maximum absolute atomic E-state index is 12.0. The Morgan fingerprint density at radius 2 is 1.79 bits per heavy atom. The van der Waals surface area contributed by atoms with Crippen molar-refractivity contribution in [3.8, 4) is 33.8 Å². The van der Waals surface area contributed by atoms with Gasteiger partial charge < -0.3 is 16.5 Å². The third kappa shape index (κ3) is 3.62.